The number of thiazole rings is 1. The molecule has 470 valence electrons. The van der Waals surface area contributed by atoms with Gasteiger partial charge in [0.2, 0.25) is 6.79 Å². The Bertz CT molecular complexity index is 4550. The molecule has 11 aromatic rings. The molecule has 0 saturated carbocycles. The summed E-state index contributed by atoms with van der Waals surface area (Å²) in [5.74, 6) is -2.97. The number of nitrogens with zero attached hydrogens (tertiary/aromatic N) is 7. The molecule has 14 rings (SSSR count). The van der Waals surface area contributed by atoms with Gasteiger partial charge in [0.15, 0.2) is 34.6 Å². The van der Waals surface area contributed by atoms with Crippen molar-refractivity contribution in [2.45, 2.75) is 41.1 Å². The average molecular weight is 1310 g/mol. The summed E-state index contributed by atoms with van der Waals surface area (Å²) in [4.78, 5) is 94.4. The van der Waals surface area contributed by atoms with E-state index in [0.717, 1.165) is 27.8 Å². The highest BCUT2D eigenvalue weighted by Crippen LogP contribution is 2.45. The number of β-lactam (4-membered cyclic amide) rings is 1. The molecule has 0 bridgehead atoms. The normalized spacial score (nSPS) is 15.1. The van der Waals surface area contributed by atoms with Crippen LogP contribution < -0.4 is 20.1 Å². The number of esters is 2. The number of hydrogen-bond donors (Lipinski definition) is 2. The SMILES string of the molecule is Cc1cc(SCC2=C(C(=O)OC(c3ccccc3)c3ccccc3)N3C(=O)[C@@H](NC(=O)/C(=N\OC(=O)c4ccc5c(c4)OCO5)c4csc(NC(c5ccccc5)(c5ccccc5)c5ccccc5)n4)[C@H]3SC2)n2nc(C(=O)OC(c3ccccc3)c3ccccc3)nc2n1. The van der Waals surface area contributed by atoms with Crippen molar-refractivity contribution in [2.75, 3.05) is 23.6 Å². The van der Waals surface area contributed by atoms with Crippen LogP contribution in [-0.2, 0) is 34.2 Å². The van der Waals surface area contributed by atoms with Crippen LogP contribution in [0, 0.1) is 6.92 Å². The lowest BCUT2D eigenvalue weighted by molar-refractivity contribution is -0.154. The molecular formula is C73H55N9O10S3. The van der Waals surface area contributed by atoms with Gasteiger partial charge in [0, 0.05) is 22.6 Å². The topological polar surface area (TPSA) is 227 Å². The zero-order valence-corrected chi connectivity index (χ0v) is 52.9. The molecule has 19 nitrogen and oxygen atoms in total. The van der Waals surface area contributed by atoms with Crippen LogP contribution in [0.25, 0.3) is 5.78 Å². The van der Waals surface area contributed by atoms with E-state index < -0.39 is 64.6 Å². The molecule has 0 aliphatic carbocycles. The number of amides is 2. The summed E-state index contributed by atoms with van der Waals surface area (Å²) in [6.45, 7) is 1.76. The van der Waals surface area contributed by atoms with Crippen LogP contribution in [0.2, 0.25) is 0 Å². The Morgan fingerprint density at radius 3 is 1.73 bits per heavy atom. The van der Waals surface area contributed by atoms with E-state index in [-0.39, 0.29) is 46.9 Å². The van der Waals surface area contributed by atoms with Gasteiger partial charge in [0.1, 0.15) is 33.4 Å². The van der Waals surface area contributed by atoms with Crippen molar-refractivity contribution in [2.24, 2.45) is 5.16 Å². The number of benzene rings is 8. The van der Waals surface area contributed by atoms with Crippen LogP contribution in [-0.4, -0.2) is 94.6 Å². The first-order valence-corrected chi connectivity index (χ1v) is 33.0. The standard InChI is InChI=1S/C73H55N9O10S3/c1-45-39-58(82-71(74-45)77-64(79-82)70(87)91-63(48-27-13-4-14-28-48)49-29-15-5-16-30-49)93-41-51-42-94-67-60(66(84)81(67)61(51)69(86)90-62(46-23-9-2-10-24-46)47-25-11-3-12-26-47)76-65(83)59(80-92-68(85)50-37-38-56-57(40-50)89-44-88-56)55-43-95-72(75-55)78-73(52-31-17-6-18-32-52,53-33-19-7-20-34-53)54-35-21-8-22-36-54/h2-40,43,60,62-63,67H,41-42,44H2,1H3,(H,75,78)(H,76,83)/b80-59-/t60-,67-/m1/s1. The molecule has 8 aromatic carbocycles. The number of thioether (sulfide) groups is 2. The Morgan fingerprint density at radius 2 is 1.17 bits per heavy atom. The summed E-state index contributed by atoms with van der Waals surface area (Å²) in [5, 5.41) is 17.1. The van der Waals surface area contributed by atoms with Gasteiger partial charge in [0.25, 0.3) is 23.4 Å². The van der Waals surface area contributed by atoms with E-state index >= 15 is 14.4 Å². The number of oxime groups is 1. The van der Waals surface area contributed by atoms with Gasteiger partial charge in [0.05, 0.1) is 5.56 Å². The molecular weight excluding hydrogens is 1260 g/mol. The number of rotatable bonds is 21. The van der Waals surface area contributed by atoms with E-state index in [1.165, 1.54) is 56.4 Å². The molecule has 3 aliphatic rings. The second kappa shape index (κ2) is 27.2. The smallest absolute Gasteiger partial charge is 0.379 e. The van der Waals surface area contributed by atoms with Crippen molar-refractivity contribution < 1.29 is 47.8 Å². The Morgan fingerprint density at radius 1 is 0.642 bits per heavy atom. The van der Waals surface area contributed by atoms with Crippen LogP contribution in [0.4, 0.5) is 5.13 Å². The summed E-state index contributed by atoms with van der Waals surface area (Å²) in [6, 6.07) is 72.1. The molecule has 3 aliphatic heterocycles. The van der Waals surface area contributed by atoms with Crippen LogP contribution >= 0.6 is 34.9 Å². The summed E-state index contributed by atoms with van der Waals surface area (Å²) in [6.07, 6.45) is -1.65. The lowest BCUT2D eigenvalue weighted by Crippen LogP contribution is -2.71. The quantitative estimate of drug-likeness (QED) is 0.00996. The molecule has 1 fully saturated rings. The molecule has 1 saturated heterocycles. The average Bonchev–Trinajstić information content (AvgIpc) is 1.51. The van der Waals surface area contributed by atoms with Gasteiger partial charge in [-0.25, -0.2) is 24.4 Å². The van der Waals surface area contributed by atoms with Gasteiger partial charge in [-0.05, 0) is 75.7 Å². The van der Waals surface area contributed by atoms with Crippen LogP contribution in [0.1, 0.15) is 83.5 Å². The van der Waals surface area contributed by atoms with Crippen LogP contribution in [0.3, 0.4) is 0 Å². The molecule has 95 heavy (non-hydrogen) atoms. The maximum atomic E-state index is 15.3. The van der Waals surface area contributed by atoms with Crippen LogP contribution in [0.15, 0.2) is 263 Å². The molecule has 22 heteroatoms. The fourth-order valence-electron chi connectivity index (χ4n) is 11.5. The predicted octanol–water partition coefficient (Wildman–Crippen LogP) is 12.3. The number of aromatic nitrogens is 5. The first kappa shape index (κ1) is 61.3. The van der Waals surface area contributed by atoms with Gasteiger partial charge in [-0.1, -0.05) is 217 Å². The molecule has 0 unspecified atom stereocenters. The number of carbonyl (C=O) groups is 5. The van der Waals surface area contributed by atoms with Crippen molar-refractivity contribution in [1.29, 1.82) is 0 Å². The third kappa shape index (κ3) is 12.6. The third-order valence-electron chi connectivity index (χ3n) is 16.1. The Balaban J connectivity index is 0.780. The maximum Gasteiger partial charge on any atom is 0.379 e. The predicted molar refractivity (Wildman–Crippen MR) is 359 cm³/mol. The zero-order chi connectivity index (χ0) is 64.8. The minimum atomic E-state index is -1.23. The lowest BCUT2D eigenvalue weighted by Gasteiger charge is -2.49. The van der Waals surface area contributed by atoms with E-state index in [4.69, 9.17) is 28.8 Å². The summed E-state index contributed by atoms with van der Waals surface area (Å²) in [5.41, 5.74) is 5.35. The van der Waals surface area contributed by atoms with Crippen molar-refractivity contribution in [3.63, 3.8) is 0 Å². The fraction of sp³-hybridized carbons (Fsp3) is 0.123. The van der Waals surface area contributed by atoms with Gasteiger partial charge < -0.3 is 34.4 Å². The minimum absolute atomic E-state index is 0.00754. The van der Waals surface area contributed by atoms with Crippen molar-refractivity contribution in [1.82, 2.24) is 34.8 Å². The van der Waals surface area contributed by atoms with Crippen molar-refractivity contribution in [3.05, 3.63) is 315 Å². The highest BCUT2D eigenvalue weighted by atomic mass is 32.2. The number of aryl methyl sites for hydroxylation is 1. The monoisotopic (exact) mass is 1310 g/mol. The van der Waals surface area contributed by atoms with Gasteiger partial charge in [-0.3, -0.25) is 14.5 Å². The largest absolute Gasteiger partial charge is 0.454 e. The lowest BCUT2D eigenvalue weighted by atomic mass is 9.77. The fourth-order valence-corrected chi connectivity index (χ4v) is 14.8. The van der Waals surface area contributed by atoms with Gasteiger partial charge in [-0.2, -0.15) is 9.50 Å². The third-order valence-corrected chi connectivity index (χ3v) is 19.3. The summed E-state index contributed by atoms with van der Waals surface area (Å²) >= 11 is 3.81. The molecule has 2 atom stereocenters. The van der Waals surface area contributed by atoms with Gasteiger partial charge in [-0.15, -0.1) is 40.0 Å². The van der Waals surface area contributed by atoms with E-state index in [1.54, 1.807) is 24.4 Å². The van der Waals surface area contributed by atoms with E-state index in [1.807, 2.05) is 212 Å². The molecule has 6 heterocycles. The highest BCUT2D eigenvalue weighted by molar-refractivity contribution is 8.01. The summed E-state index contributed by atoms with van der Waals surface area (Å²) in [7, 11) is 0. The number of anilines is 1. The van der Waals surface area contributed by atoms with E-state index in [2.05, 4.69) is 30.9 Å². The zero-order valence-electron chi connectivity index (χ0n) is 50.5. The molecule has 0 spiro atoms. The minimum Gasteiger partial charge on any atom is -0.454 e. The number of nitrogens with one attached hydrogen (secondary N) is 2. The first-order valence-electron chi connectivity index (χ1n) is 30.1. The number of hydrogen-bond acceptors (Lipinski definition) is 19. The Labute approximate surface area is 556 Å². The Kier molecular flexibility index (Phi) is 17.5. The van der Waals surface area contributed by atoms with Crippen molar-refractivity contribution in [3.8, 4) is 11.5 Å². The van der Waals surface area contributed by atoms with Crippen LogP contribution in [0.5, 0.6) is 11.5 Å². The first-order chi connectivity index (χ1) is 46.6. The second-order valence-corrected chi connectivity index (χ2v) is 25.1. The number of ether oxygens (including phenoxy) is 4. The summed E-state index contributed by atoms with van der Waals surface area (Å²) < 4.78 is 25.1. The number of fused-ring (bicyclic) bond motifs is 3. The van der Waals surface area contributed by atoms with Gasteiger partial charge >= 0.3 is 17.9 Å². The maximum absolute atomic E-state index is 15.3. The van der Waals surface area contributed by atoms with E-state index in [0.29, 0.717) is 44.1 Å². The highest BCUT2D eigenvalue weighted by Gasteiger charge is 2.55. The molecule has 3 aromatic heterocycles. The molecule has 2 amide bonds. The Hall–Kier alpha value is -11.2. The second-order valence-electron chi connectivity index (χ2n) is 22.1. The van der Waals surface area contributed by atoms with E-state index in [9.17, 15) is 9.59 Å². The van der Waals surface area contributed by atoms with Crippen molar-refractivity contribution >= 4 is 81.2 Å². The molecule has 2 N–H and O–H groups in total. The number of carbonyl (C=O) groups excluding carboxylic acids is 5. The molecule has 0 radical (unpaired) electrons.